The lowest BCUT2D eigenvalue weighted by molar-refractivity contribution is -0.133. The van der Waals surface area contributed by atoms with E-state index in [2.05, 4.69) is 17.1 Å². The summed E-state index contributed by atoms with van der Waals surface area (Å²) in [7, 11) is 0. The van der Waals surface area contributed by atoms with Gasteiger partial charge in [0.05, 0.1) is 5.60 Å². The molecule has 0 amide bonds. The van der Waals surface area contributed by atoms with Gasteiger partial charge in [0.1, 0.15) is 17.6 Å². The summed E-state index contributed by atoms with van der Waals surface area (Å²) < 4.78 is 0. The molecular weight excluding hydrogens is 410 g/mol. The average Bonchev–Trinajstić information content (AvgIpc) is 3.33. The molecule has 178 valence electrons. The number of aliphatic hydroxyl groups is 1. The first-order chi connectivity index (χ1) is 15.7. The third-order valence-corrected chi connectivity index (χ3v) is 10.6. The van der Waals surface area contributed by atoms with E-state index in [9.17, 15) is 9.90 Å². The third-order valence-electron chi connectivity index (χ3n) is 10.6. The zero-order valence-electron chi connectivity index (χ0n) is 20.5. The van der Waals surface area contributed by atoms with Crippen LogP contribution in [0.2, 0.25) is 0 Å². The van der Waals surface area contributed by atoms with Crippen molar-refractivity contribution in [3.05, 3.63) is 23.8 Å². The van der Waals surface area contributed by atoms with Crippen molar-refractivity contribution >= 4 is 16.8 Å². The Balaban J connectivity index is 1.19. The Bertz CT molecular complexity index is 1070. The predicted octanol–water partition coefficient (Wildman–Crippen LogP) is 5.33. The highest BCUT2D eigenvalue weighted by Crippen LogP contribution is 2.64. The molecule has 1 N–H and O–H groups in total. The maximum Gasteiger partial charge on any atom is 0.159 e. The van der Waals surface area contributed by atoms with E-state index < -0.39 is 5.60 Å². The van der Waals surface area contributed by atoms with Crippen LogP contribution in [0.5, 0.6) is 0 Å². The highest BCUT2D eigenvalue weighted by molar-refractivity contribution is 5.82. The second-order valence-corrected chi connectivity index (χ2v) is 12.5. The molecular formula is C28H39N3O2. The van der Waals surface area contributed by atoms with Crippen LogP contribution in [-0.4, -0.2) is 31.5 Å². The SMILES string of the molecule is Cc1cccc2nn(CC(=O)[C@H]3CC[C@H]4[C@@H]5CC[C@@H]6C[C@](C)(O)CC[C@@H]6[C@H]5CC[C@]34C)nc12. The topological polar surface area (TPSA) is 68.0 Å². The van der Waals surface area contributed by atoms with Crippen molar-refractivity contribution in [1.29, 1.82) is 0 Å². The highest BCUT2D eigenvalue weighted by Gasteiger charge is 2.58. The van der Waals surface area contributed by atoms with E-state index in [4.69, 9.17) is 0 Å². The van der Waals surface area contributed by atoms with Gasteiger partial charge in [-0.15, -0.1) is 0 Å². The molecule has 1 aromatic heterocycles. The van der Waals surface area contributed by atoms with Crippen LogP contribution in [-0.2, 0) is 11.3 Å². The van der Waals surface area contributed by atoms with E-state index in [0.717, 1.165) is 53.6 Å². The van der Waals surface area contributed by atoms with Crippen LogP contribution in [0.4, 0.5) is 0 Å². The number of fused-ring (bicyclic) bond motifs is 6. The van der Waals surface area contributed by atoms with Crippen LogP contribution in [0.1, 0.15) is 77.2 Å². The predicted molar refractivity (Wildman–Crippen MR) is 128 cm³/mol. The minimum absolute atomic E-state index is 0.133. The zero-order chi connectivity index (χ0) is 23.0. The molecule has 0 spiro atoms. The molecule has 0 radical (unpaired) electrons. The summed E-state index contributed by atoms with van der Waals surface area (Å²) in [4.78, 5) is 15.2. The quantitative estimate of drug-likeness (QED) is 0.688. The molecule has 1 aromatic carbocycles. The van der Waals surface area contributed by atoms with Crippen LogP contribution >= 0.6 is 0 Å². The van der Waals surface area contributed by atoms with Crippen LogP contribution in [0.15, 0.2) is 18.2 Å². The summed E-state index contributed by atoms with van der Waals surface area (Å²) in [5.74, 6) is 4.25. The zero-order valence-corrected chi connectivity index (χ0v) is 20.5. The van der Waals surface area contributed by atoms with Crippen molar-refractivity contribution in [3.63, 3.8) is 0 Å². The smallest absolute Gasteiger partial charge is 0.159 e. The monoisotopic (exact) mass is 449 g/mol. The fourth-order valence-electron chi connectivity index (χ4n) is 9.05. The number of aromatic nitrogens is 3. The van der Waals surface area contributed by atoms with Gasteiger partial charge in [-0.3, -0.25) is 4.79 Å². The summed E-state index contributed by atoms with van der Waals surface area (Å²) in [6.07, 6.45) is 10.4. The molecule has 0 aliphatic heterocycles. The fraction of sp³-hybridized carbons (Fsp3) is 0.750. The lowest BCUT2D eigenvalue weighted by atomic mass is 9.49. The number of ketones is 1. The van der Waals surface area contributed by atoms with Gasteiger partial charge in [-0.1, -0.05) is 19.1 Å². The second-order valence-electron chi connectivity index (χ2n) is 12.5. The first kappa shape index (κ1) is 21.8. The molecule has 0 saturated heterocycles. The molecule has 8 atom stereocenters. The van der Waals surface area contributed by atoms with E-state index in [1.54, 1.807) is 4.80 Å². The Labute approximate surface area is 197 Å². The van der Waals surface area contributed by atoms with Gasteiger partial charge in [0, 0.05) is 5.92 Å². The number of rotatable bonds is 3. The molecule has 4 saturated carbocycles. The van der Waals surface area contributed by atoms with E-state index in [1.807, 2.05) is 32.0 Å². The van der Waals surface area contributed by atoms with Crippen molar-refractivity contribution in [2.24, 2.45) is 40.9 Å². The van der Waals surface area contributed by atoms with Gasteiger partial charge < -0.3 is 5.11 Å². The van der Waals surface area contributed by atoms with Crippen molar-refractivity contribution in [2.75, 3.05) is 0 Å². The number of hydrogen-bond donors (Lipinski definition) is 1. The Morgan fingerprint density at radius 1 is 1.03 bits per heavy atom. The van der Waals surface area contributed by atoms with Gasteiger partial charge >= 0.3 is 0 Å². The van der Waals surface area contributed by atoms with E-state index in [0.29, 0.717) is 24.2 Å². The van der Waals surface area contributed by atoms with Gasteiger partial charge in [-0.05, 0) is 118 Å². The van der Waals surface area contributed by atoms with Gasteiger partial charge in [0.2, 0.25) is 0 Å². The first-order valence-corrected chi connectivity index (χ1v) is 13.3. The van der Waals surface area contributed by atoms with Crippen molar-refractivity contribution in [2.45, 2.75) is 90.7 Å². The molecule has 0 bridgehead atoms. The number of carbonyl (C=O) groups is 1. The molecule has 4 aliphatic rings. The number of carbonyl (C=O) groups excluding carboxylic acids is 1. The maximum atomic E-state index is 13.6. The van der Waals surface area contributed by atoms with Crippen LogP contribution in [0.25, 0.3) is 11.0 Å². The number of aryl methyl sites for hydroxylation is 1. The molecule has 2 aromatic rings. The number of hydrogen-bond acceptors (Lipinski definition) is 4. The Morgan fingerprint density at radius 3 is 2.67 bits per heavy atom. The van der Waals surface area contributed by atoms with Gasteiger partial charge in [-0.2, -0.15) is 15.0 Å². The summed E-state index contributed by atoms with van der Waals surface area (Å²) in [6.45, 7) is 6.82. The highest BCUT2D eigenvalue weighted by atomic mass is 16.3. The van der Waals surface area contributed by atoms with Crippen LogP contribution in [0, 0.1) is 47.8 Å². The Kier molecular flexibility index (Phi) is 5.03. The summed E-state index contributed by atoms with van der Waals surface area (Å²) in [5, 5.41) is 19.9. The number of nitrogens with zero attached hydrogens (tertiary/aromatic N) is 3. The summed E-state index contributed by atoms with van der Waals surface area (Å²) in [5.41, 5.74) is 2.57. The molecule has 5 heteroatoms. The van der Waals surface area contributed by atoms with Gasteiger partial charge in [0.15, 0.2) is 5.78 Å². The molecule has 4 aliphatic carbocycles. The summed E-state index contributed by atoms with van der Waals surface area (Å²) in [6, 6.07) is 6.03. The number of benzene rings is 1. The molecule has 4 fully saturated rings. The van der Waals surface area contributed by atoms with Crippen LogP contribution in [0.3, 0.4) is 0 Å². The minimum atomic E-state index is -0.452. The lowest BCUT2D eigenvalue weighted by Crippen LogP contribution is -2.51. The maximum absolute atomic E-state index is 13.6. The minimum Gasteiger partial charge on any atom is -0.390 e. The molecule has 1 heterocycles. The Hall–Kier alpha value is -1.75. The first-order valence-electron chi connectivity index (χ1n) is 13.3. The Morgan fingerprint density at radius 2 is 1.85 bits per heavy atom. The molecule has 33 heavy (non-hydrogen) atoms. The number of Topliss-reactive ketones (excluding diaryl/α,β-unsaturated/α-hetero) is 1. The van der Waals surface area contributed by atoms with Crippen molar-refractivity contribution < 1.29 is 9.90 Å². The fourth-order valence-corrected chi connectivity index (χ4v) is 9.05. The van der Waals surface area contributed by atoms with Gasteiger partial charge in [0.25, 0.3) is 0 Å². The van der Waals surface area contributed by atoms with Crippen LogP contribution < -0.4 is 0 Å². The second kappa shape index (κ2) is 7.63. The standard InChI is InChI=1S/C28H39N3O2/c1-17-5-4-6-24-26(17)30-31(29-24)16-25(32)23-10-9-22-21-8-7-18-15-27(2,33)13-11-19(18)20(21)12-14-28(22,23)3/h4-6,18-23,33H,7-16H2,1-3H3/t18-,19+,20-,21-,22+,23-,27-,28+/m1/s1. The lowest BCUT2D eigenvalue weighted by Gasteiger charge is -2.56. The van der Waals surface area contributed by atoms with Crippen molar-refractivity contribution in [1.82, 2.24) is 15.0 Å². The van der Waals surface area contributed by atoms with E-state index >= 15 is 0 Å². The van der Waals surface area contributed by atoms with Gasteiger partial charge in [-0.25, -0.2) is 0 Å². The normalized spacial score (nSPS) is 42.5. The third kappa shape index (κ3) is 3.48. The molecule has 6 rings (SSSR count). The van der Waals surface area contributed by atoms with E-state index in [-0.39, 0.29) is 11.3 Å². The summed E-state index contributed by atoms with van der Waals surface area (Å²) >= 11 is 0. The van der Waals surface area contributed by atoms with Crippen molar-refractivity contribution in [3.8, 4) is 0 Å². The molecule has 5 nitrogen and oxygen atoms in total. The average molecular weight is 450 g/mol. The molecule has 0 unspecified atom stereocenters. The largest absolute Gasteiger partial charge is 0.390 e. The van der Waals surface area contributed by atoms with E-state index in [1.165, 1.54) is 38.5 Å².